The molecule has 98 heavy (non-hydrogen) atoms. The van der Waals surface area contributed by atoms with E-state index >= 15 is 0 Å². The Bertz CT molecular complexity index is 5110. The molecule has 3 aliphatic carbocycles. The molecule has 0 aliphatic heterocycles. The van der Waals surface area contributed by atoms with Crippen LogP contribution in [0.1, 0.15) is 56.0 Å². The first kappa shape index (κ1) is 58.1. The fraction of sp³-hybridized carbons (Fsp3) is 0.0426. The van der Waals surface area contributed by atoms with Crippen LogP contribution in [0.3, 0.4) is 0 Å². The summed E-state index contributed by atoms with van der Waals surface area (Å²) in [7, 11) is 0. The lowest BCUT2D eigenvalue weighted by Crippen LogP contribution is -2.35. The van der Waals surface area contributed by atoms with Gasteiger partial charge in [0.1, 0.15) is 0 Å². The second kappa shape index (κ2) is 24.1. The van der Waals surface area contributed by atoms with Crippen molar-refractivity contribution in [3.05, 3.63) is 420 Å². The van der Waals surface area contributed by atoms with E-state index in [0.29, 0.717) is 0 Å². The normalized spacial score (nSPS) is 13.2. The third-order valence-electron chi connectivity index (χ3n) is 20.4. The first-order valence-electron chi connectivity index (χ1n) is 34.0. The van der Waals surface area contributed by atoms with Gasteiger partial charge in [-0.05, 0) is 266 Å². The Hall–Kier alpha value is -12.5. The highest BCUT2D eigenvalue weighted by Crippen LogP contribution is 2.66. The van der Waals surface area contributed by atoms with E-state index in [0.717, 1.165) is 79.4 Å². The fourth-order valence-electron chi connectivity index (χ4n) is 16.1. The SMILES string of the molecule is Cc1cccc(N(c2ccc(-c3ccc4c(c3)C3(c5cc(-c6ccc(N(c7ccc(N(c8ccccc8)c8ccccc8)cc7)c7cccc(C)c7)cc6)ccc5-4)c4ccccc4C4c5ccccc5-c5cccc3c54)cc2)c2ccc(N(c3ccccc3)c3ccccc3)cc2)c1. The number of nitrogens with zero attached hydrogens (tertiary/aromatic N) is 4. The predicted octanol–water partition coefficient (Wildman–Crippen LogP) is 25.4. The quantitative estimate of drug-likeness (QED) is 0.108. The summed E-state index contributed by atoms with van der Waals surface area (Å²) in [6, 6.07) is 137. The standard InChI is InChI=1S/C94H68N4/c1-64-22-19-32-80(60-64)97(78-54-50-76(51-55-78)95(70-24-7-3-8-25-70)71-26-9-4-10-27-71)74-46-40-66(41-47-74)68-44-58-83-84-59-45-69(63-91(84)94(90(83)62-68)88-38-18-17-36-87(88)92-85-35-16-15-34-82(85)86-37-21-39-89(94)93(86)92)67-42-48-75(49-43-67)98(81-33-20-23-65(2)61-81)79-56-52-77(53-57-79)96(72-28-11-5-12-29-72)73-30-13-6-14-31-73/h3-63,92H,1-2H3. The molecule has 0 saturated heterocycles. The number of benzene rings is 15. The van der Waals surface area contributed by atoms with Crippen molar-refractivity contribution in [2.75, 3.05) is 19.6 Å². The van der Waals surface area contributed by atoms with Crippen molar-refractivity contribution in [2.45, 2.75) is 25.2 Å². The molecule has 0 amide bonds. The zero-order valence-corrected chi connectivity index (χ0v) is 54.6. The van der Waals surface area contributed by atoms with Gasteiger partial charge in [-0.1, -0.05) is 212 Å². The molecule has 0 fully saturated rings. The summed E-state index contributed by atoms with van der Waals surface area (Å²) in [6.07, 6.45) is 0. The lowest BCUT2D eigenvalue weighted by Gasteiger charge is -2.42. The lowest BCUT2D eigenvalue weighted by atomic mass is 9.59. The summed E-state index contributed by atoms with van der Waals surface area (Å²) >= 11 is 0. The van der Waals surface area contributed by atoms with Crippen molar-refractivity contribution in [3.63, 3.8) is 0 Å². The van der Waals surface area contributed by atoms with Crippen LogP contribution in [-0.4, -0.2) is 0 Å². The van der Waals surface area contributed by atoms with Crippen LogP contribution in [0.4, 0.5) is 68.2 Å². The zero-order chi connectivity index (χ0) is 65.3. The first-order valence-corrected chi connectivity index (χ1v) is 34.0. The minimum atomic E-state index is -0.632. The molecule has 0 saturated carbocycles. The van der Waals surface area contributed by atoms with Gasteiger partial charge in [0.15, 0.2) is 0 Å². The number of anilines is 12. The van der Waals surface area contributed by atoms with Crippen molar-refractivity contribution in [2.24, 2.45) is 0 Å². The molecule has 15 aromatic rings. The zero-order valence-electron chi connectivity index (χ0n) is 54.6. The number of rotatable bonds is 14. The molecule has 15 aromatic carbocycles. The molecule has 18 rings (SSSR count). The molecule has 1 spiro atoms. The van der Waals surface area contributed by atoms with Crippen molar-refractivity contribution in [1.29, 1.82) is 0 Å². The molecule has 4 heteroatoms. The Balaban J connectivity index is 0.737. The monoisotopic (exact) mass is 1250 g/mol. The maximum Gasteiger partial charge on any atom is 0.0720 e. The van der Waals surface area contributed by atoms with Crippen molar-refractivity contribution in [3.8, 4) is 44.5 Å². The van der Waals surface area contributed by atoms with Crippen LogP contribution >= 0.6 is 0 Å². The third-order valence-corrected chi connectivity index (χ3v) is 20.4. The summed E-state index contributed by atoms with van der Waals surface area (Å²) in [5.74, 6) is 0.122. The van der Waals surface area contributed by atoms with Gasteiger partial charge in [-0.25, -0.2) is 0 Å². The van der Waals surface area contributed by atoms with Crippen LogP contribution in [0.25, 0.3) is 44.5 Å². The van der Waals surface area contributed by atoms with E-state index in [-0.39, 0.29) is 5.92 Å². The summed E-state index contributed by atoms with van der Waals surface area (Å²) < 4.78 is 0. The Morgan fingerprint density at radius 3 is 0.929 bits per heavy atom. The molecule has 464 valence electrons. The van der Waals surface area contributed by atoms with Gasteiger partial charge in [0.05, 0.1) is 5.41 Å². The highest BCUT2D eigenvalue weighted by atomic mass is 15.2. The average Bonchev–Trinajstić information content (AvgIpc) is 1.48. The maximum absolute atomic E-state index is 2.53. The molecular formula is C94H68N4. The Morgan fingerprint density at radius 1 is 0.204 bits per heavy atom. The van der Waals surface area contributed by atoms with E-state index in [1.165, 1.54) is 83.5 Å². The second-order valence-electron chi connectivity index (χ2n) is 26.1. The van der Waals surface area contributed by atoms with Gasteiger partial charge in [-0.15, -0.1) is 0 Å². The van der Waals surface area contributed by atoms with Gasteiger partial charge in [-0.2, -0.15) is 0 Å². The average molecular weight is 1250 g/mol. The molecule has 0 radical (unpaired) electrons. The van der Waals surface area contributed by atoms with Crippen molar-refractivity contribution < 1.29 is 0 Å². The van der Waals surface area contributed by atoms with Gasteiger partial charge in [0.2, 0.25) is 0 Å². The van der Waals surface area contributed by atoms with E-state index < -0.39 is 5.41 Å². The van der Waals surface area contributed by atoms with Crippen LogP contribution in [0.15, 0.2) is 370 Å². The summed E-state index contributed by atoms with van der Waals surface area (Å²) in [6.45, 7) is 4.34. The van der Waals surface area contributed by atoms with Crippen molar-refractivity contribution >= 4 is 68.2 Å². The summed E-state index contributed by atoms with van der Waals surface area (Å²) in [5.41, 5.74) is 34.3. The summed E-state index contributed by atoms with van der Waals surface area (Å²) in [4.78, 5) is 9.39. The molecule has 1 unspecified atom stereocenters. The third kappa shape index (κ3) is 9.74. The van der Waals surface area contributed by atoms with Gasteiger partial charge < -0.3 is 19.6 Å². The van der Waals surface area contributed by atoms with E-state index in [1.54, 1.807) is 0 Å². The minimum absolute atomic E-state index is 0.122. The van der Waals surface area contributed by atoms with Crippen LogP contribution in [-0.2, 0) is 5.41 Å². The van der Waals surface area contributed by atoms with E-state index in [4.69, 9.17) is 0 Å². The Labute approximate surface area is 574 Å². The molecular weight excluding hydrogens is 1190 g/mol. The van der Waals surface area contributed by atoms with E-state index in [2.05, 4.69) is 403 Å². The van der Waals surface area contributed by atoms with Gasteiger partial charge in [0.25, 0.3) is 0 Å². The molecule has 0 aromatic heterocycles. The topological polar surface area (TPSA) is 13.0 Å². The van der Waals surface area contributed by atoms with E-state index in [1.807, 2.05) is 0 Å². The molecule has 0 heterocycles. The predicted molar refractivity (Wildman–Crippen MR) is 409 cm³/mol. The summed E-state index contributed by atoms with van der Waals surface area (Å²) in [5, 5.41) is 0. The number of aryl methyl sites for hydroxylation is 2. The fourth-order valence-corrected chi connectivity index (χ4v) is 16.1. The smallest absolute Gasteiger partial charge is 0.0720 e. The first-order chi connectivity index (χ1) is 48.4. The van der Waals surface area contributed by atoms with Crippen LogP contribution in [0.2, 0.25) is 0 Å². The van der Waals surface area contributed by atoms with Gasteiger partial charge in [-0.3, -0.25) is 0 Å². The largest absolute Gasteiger partial charge is 0.311 e. The highest BCUT2D eigenvalue weighted by molar-refractivity contribution is 5.96. The van der Waals surface area contributed by atoms with Crippen LogP contribution < -0.4 is 19.6 Å². The van der Waals surface area contributed by atoms with Crippen molar-refractivity contribution in [1.82, 2.24) is 0 Å². The number of hydrogen-bond donors (Lipinski definition) is 0. The highest BCUT2D eigenvalue weighted by Gasteiger charge is 2.54. The molecule has 0 N–H and O–H groups in total. The van der Waals surface area contributed by atoms with Crippen LogP contribution in [0, 0.1) is 13.8 Å². The Morgan fingerprint density at radius 2 is 0.510 bits per heavy atom. The molecule has 4 nitrogen and oxygen atoms in total. The molecule has 0 bridgehead atoms. The molecule has 3 aliphatic rings. The lowest BCUT2D eigenvalue weighted by molar-refractivity contribution is 0.704. The molecule has 1 atom stereocenters. The van der Waals surface area contributed by atoms with E-state index in [9.17, 15) is 0 Å². The van der Waals surface area contributed by atoms with Gasteiger partial charge in [0, 0.05) is 74.2 Å². The number of hydrogen-bond acceptors (Lipinski definition) is 4. The Kier molecular flexibility index (Phi) is 14.3. The second-order valence-corrected chi connectivity index (χ2v) is 26.1. The number of fused-ring (bicyclic) bond motifs is 12. The van der Waals surface area contributed by atoms with Crippen LogP contribution in [0.5, 0.6) is 0 Å². The maximum atomic E-state index is 2.53. The number of para-hydroxylation sites is 4. The van der Waals surface area contributed by atoms with Gasteiger partial charge >= 0.3 is 0 Å². The minimum Gasteiger partial charge on any atom is -0.311 e.